The van der Waals surface area contributed by atoms with Gasteiger partial charge in [-0.3, -0.25) is 4.79 Å². The summed E-state index contributed by atoms with van der Waals surface area (Å²) in [5, 5.41) is 2.81. The molecule has 0 radical (unpaired) electrons. The fourth-order valence-corrected chi connectivity index (χ4v) is 0.117. The maximum absolute atomic E-state index is 11.0. The van der Waals surface area contributed by atoms with Gasteiger partial charge in [-0.1, -0.05) is 5.16 Å². The highest BCUT2D eigenvalue weighted by Gasteiger charge is 1.80. The summed E-state index contributed by atoms with van der Waals surface area (Å²) in [5.74, 6) is -0.765. The van der Waals surface area contributed by atoms with E-state index in [9.17, 15) is 9.18 Å². The van der Waals surface area contributed by atoms with Crippen molar-refractivity contribution in [2.45, 2.75) is 0 Å². The van der Waals surface area contributed by atoms with Crippen molar-refractivity contribution in [2.75, 3.05) is 6.86 Å². The molecule has 0 unspecified atom stereocenters. The summed E-state index contributed by atoms with van der Waals surface area (Å²) in [6.07, 6.45) is 0.680. The minimum atomic E-state index is -1.05. The van der Waals surface area contributed by atoms with E-state index in [0.29, 0.717) is 6.21 Å². The largest absolute Gasteiger partial charge is 0.365 e. The van der Waals surface area contributed by atoms with E-state index in [0.717, 1.165) is 0 Å². The van der Waals surface area contributed by atoms with Crippen molar-refractivity contribution >= 4 is 12.1 Å². The Morgan fingerprint density at radius 3 is 3.00 bits per heavy atom. The van der Waals surface area contributed by atoms with Crippen LogP contribution in [0.25, 0.3) is 0 Å². The summed E-state index contributed by atoms with van der Waals surface area (Å²) in [7, 11) is 0. The first kappa shape index (κ1) is 6.87. The number of nitrogens with two attached hydrogens (primary N) is 1. The first-order valence-electron chi connectivity index (χ1n) is 1.78. The van der Waals surface area contributed by atoms with Gasteiger partial charge in [-0.2, -0.15) is 0 Å². The van der Waals surface area contributed by atoms with Crippen molar-refractivity contribution < 1.29 is 14.0 Å². The van der Waals surface area contributed by atoms with Crippen LogP contribution in [-0.4, -0.2) is 19.0 Å². The molecule has 0 rings (SSSR count). The van der Waals surface area contributed by atoms with E-state index in [2.05, 4.69) is 15.7 Å². The van der Waals surface area contributed by atoms with Gasteiger partial charge in [0.05, 0.1) is 0 Å². The fraction of sp³-hybridized carbons (Fsp3) is 0.333. The predicted octanol–water partition coefficient (Wildman–Crippen LogP) is -0.599. The van der Waals surface area contributed by atoms with Crippen LogP contribution in [0.5, 0.6) is 0 Å². The van der Waals surface area contributed by atoms with Gasteiger partial charge in [0, 0.05) is 0 Å². The number of hydrogen-bond donors (Lipinski definition) is 1. The molecule has 0 aromatic heterocycles. The molecule has 1 amide bonds. The van der Waals surface area contributed by atoms with Crippen molar-refractivity contribution in [1.29, 1.82) is 0 Å². The highest BCUT2D eigenvalue weighted by Crippen LogP contribution is 1.71. The Kier molecular flexibility index (Phi) is 3.47. The van der Waals surface area contributed by atoms with Gasteiger partial charge in [0.2, 0.25) is 0 Å². The Hall–Kier alpha value is -1.13. The zero-order valence-corrected chi connectivity index (χ0v) is 4.00. The lowest BCUT2D eigenvalue weighted by Gasteiger charge is -1.83. The number of carbonyl (C=O) groups is 1. The summed E-state index contributed by atoms with van der Waals surface area (Å²) >= 11 is 0. The minimum absolute atomic E-state index is 0.680. The van der Waals surface area contributed by atoms with Gasteiger partial charge >= 0.3 is 0 Å². The number of rotatable bonds is 3. The zero-order chi connectivity index (χ0) is 6.41. The predicted molar refractivity (Wildman–Crippen MR) is 24.7 cm³/mol. The second-order valence-electron chi connectivity index (χ2n) is 0.875. The van der Waals surface area contributed by atoms with Crippen LogP contribution in [0, 0.1) is 0 Å². The Balaban J connectivity index is 3.20. The second kappa shape index (κ2) is 4.04. The molecule has 0 saturated carbocycles. The lowest BCUT2D eigenvalue weighted by molar-refractivity contribution is -0.111. The number of primary amides is 1. The number of oxime groups is 1. The molecular weight excluding hydrogens is 115 g/mol. The maximum Gasteiger partial charge on any atom is 0.263 e. The van der Waals surface area contributed by atoms with Crippen molar-refractivity contribution in [3.05, 3.63) is 0 Å². The molecule has 0 atom stereocenters. The van der Waals surface area contributed by atoms with E-state index < -0.39 is 12.8 Å². The zero-order valence-electron chi connectivity index (χ0n) is 4.00. The molecule has 0 aliphatic heterocycles. The normalized spacial score (nSPS) is 9.62. The molecule has 0 spiro atoms. The Bertz CT molecular complexity index is 103. The number of hydrogen-bond acceptors (Lipinski definition) is 3. The van der Waals surface area contributed by atoms with Gasteiger partial charge in [-0.05, 0) is 0 Å². The van der Waals surface area contributed by atoms with Crippen LogP contribution in [0.3, 0.4) is 0 Å². The van der Waals surface area contributed by atoms with Crippen molar-refractivity contribution in [3.63, 3.8) is 0 Å². The van der Waals surface area contributed by atoms with Crippen LogP contribution in [0.2, 0.25) is 0 Å². The van der Waals surface area contributed by atoms with E-state index in [1.54, 1.807) is 0 Å². The Morgan fingerprint density at radius 2 is 2.62 bits per heavy atom. The Morgan fingerprint density at radius 1 is 2.00 bits per heavy atom. The van der Waals surface area contributed by atoms with Gasteiger partial charge in [-0.25, -0.2) is 4.39 Å². The first-order valence-corrected chi connectivity index (χ1v) is 1.78. The number of halogens is 1. The van der Waals surface area contributed by atoms with Crippen LogP contribution in [0.4, 0.5) is 4.39 Å². The quantitative estimate of drug-likeness (QED) is 0.399. The number of amides is 1. The summed E-state index contributed by atoms with van der Waals surface area (Å²) < 4.78 is 11.0. The first-order chi connectivity index (χ1) is 3.77. The summed E-state index contributed by atoms with van der Waals surface area (Å²) in [4.78, 5) is 13.5. The van der Waals surface area contributed by atoms with E-state index in [1.165, 1.54) is 0 Å². The molecule has 2 N–H and O–H groups in total. The molecule has 0 fully saturated rings. The standard InChI is InChI=1S/C3H5FN2O2/c4-2-8-6-1-3(5)7/h1H,2H2,(H2,5,7)/b6-1-. The lowest BCUT2D eigenvalue weighted by Crippen LogP contribution is -2.11. The van der Waals surface area contributed by atoms with E-state index in [-0.39, 0.29) is 0 Å². The molecule has 0 aliphatic carbocycles. The van der Waals surface area contributed by atoms with Crippen LogP contribution in [0.1, 0.15) is 0 Å². The molecule has 8 heavy (non-hydrogen) atoms. The molecule has 0 aromatic carbocycles. The van der Waals surface area contributed by atoms with Crippen LogP contribution in [-0.2, 0) is 9.63 Å². The molecule has 0 aromatic rings. The summed E-state index contributed by atoms with van der Waals surface area (Å²) in [6.45, 7) is -1.05. The van der Waals surface area contributed by atoms with Crippen molar-refractivity contribution in [3.8, 4) is 0 Å². The maximum atomic E-state index is 11.0. The average Bonchev–Trinajstić information content (AvgIpc) is 1.66. The van der Waals surface area contributed by atoms with Crippen LogP contribution < -0.4 is 5.73 Å². The monoisotopic (exact) mass is 120 g/mol. The van der Waals surface area contributed by atoms with Crippen LogP contribution >= 0.6 is 0 Å². The third-order valence-corrected chi connectivity index (χ3v) is 0.303. The average molecular weight is 120 g/mol. The summed E-state index contributed by atoms with van der Waals surface area (Å²) in [6, 6.07) is 0. The highest BCUT2D eigenvalue weighted by molar-refractivity contribution is 6.25. The van der Waals surface area contributed by atoms with E-state index in [1.807, 2.05) is 0 Å². The molecule has 46 valence electrons. The van der Waals surface area contributed by atoms with Gasteiger partial charge in [0.15, 0.2) is 0 Å². The topological polar surface area (TPSA) is 64.7 Å². The molecule has 0 saturated heterocycles. The molecule has 5 heteroatoms. The van der Waals surface area contributed by atoms with Crippen molar-refractivity contribution in [1.82, 2.24) is 0 Å². The second-order valence-corrected chi connectivity index (χ2v) is 0.875. The lowest BCUT2D eigenvalue weighted by atomic mass is 10.7. The van der Waals surface area contributed by atoms with Crippen LogP contribution in [0.15, 0.2) is 5.16 Å². The smallest absolute Gasteiger partial charge is 0.263 e. The molecular formula is C3H5FN2O2. The summed E-state index contributed by atoms with van der Waals surface area (Å²) in [5.41, 5.74) is 4.54. The van der Waals surface area contributed by atoms with E-state index >= 15 is 0 Å². The molecule has 0 bridgehead atoms. The van der Waals surface area contributed by atoms with Gasteiger partial charge < -0.3 is 10.6 Å². The van der Waals surface area contributed by atoms with Crippen molar-refractivity contribution in [2.24, 2.45) is 10.9 Å². The SMILES string of the molecule is NC(=O)/C=N\OCF. The van der Waals surface area contributed by atoms with Gasteiger partial charge in [0.1, 0.15) is 6.21 Å². The Labute approximate surface area is 45.1 Å². The highest BCUT2D eigenvalue weighted by atomic mass is 19.1. The number of carbonyl (C=O) groups excluding carboxylic acids is 1. The minimum Gasteiger partial charge on any atom is -0.365 e. The molecule has 0 heterocycles. The van der Waals surface area contributed by atoms with Gasteiger partial charge in [0.25, 0.3) is 12.8 Å². The number of nitrogens with zero attached hydrogens (tertiary/aromatic N) is 1. The fourth-order valence-electron chi connectivity index (χ4n) is 0.117. The van der Waals surface area contributed by atoms with E-state index in [4.69, 9.17) is 0 Å². The molecule has 4 nitrogen and oxygen atoms in total. The third kappa shape index (κ3) is 4.87. The van der Waals surface area contributed by atoms with Gasteiger partial charge in [-0.15, -0.1) is 0 Å². The molecule has 0 aliphatic rings. The number of alkyl halides is 1. The third-order valence-electron chi connectivity index (χ3n) is 0.303.